The molecule has 1 aromatic rings. The van der Waals surface area contributed by atoms with Gasteiger partial charge in [-0.3, -0.25) is 4.79 Å². The minimum atomic E-state index is -0.789. The van der Waals surface area contributed by atoms with E-state index >= 15 is 0 Å². The maximum atomic E-state index is 12.4. The molecule has 1 saturated carbocycles. The molecule has 1 aliphatic rings. The lowest BCUT2D eigenvalue weighted by molar-refractivity contribution is -0.128. The predicted octanol–water partition coefficient (Wildman–Crippen LogP) is 3.34. The van der Waals surface area contributed by atoms with Crippen molar-refractivity contribution < 1.29 is 4.79 Å². The van der Waals surface area contributed by atoms with Gasteiger partial charge in [-0.05, 0) is 24.8 Å². The number of nitriles is 1. The number of nitrogens with zero attached hydrogens (tertiary/aromatic N) is 1. The van der Waals surface area contributed by atoms with Crippen LogP contribution in [-0.2, 0) is 4.79 Å². The molecular formula is C16H20N2O. The molecule has 0 spiro atoms. The average Bonchev–Trinajstić information content (AvgIpc) is 2.95. The topological polar surface area (TPSA) is 52.9 Å². The summed E-state index contributed by atoms with van der Waals surface area (Å²) >= 11 is 0. The summed E-state index contributed by atoms with van der Waals surface area (Å²) in [6.07, 6.45) is 4.17. The van der Waals surface area contributed by atoms with Crippen LogP contribution in [-0.4, -0.2) is 5.91 Å². The quantitative estimate of drug-likeness (QED) is 0.898. The van der Waals surface area contributed by atoms with Crippen LogP contribution in [0.25, 0.3) is 0 Å². The fourth-order valence-electron chi connectivity index (χ4n) is 2.77. The number of carbonyl (C=O) groups is 1. The number of hydrogen-bond acceptors (Lipinski definition) is 2. The van der Waals surface area contributed by atoms with Crippen LogP contribution in [0.4, 0.5) is 0 Å². The van der Waals surface area contributed by atoms with E-state index < -0.39 is 5.41 Å². The van der Waals surface area contributed by atoms with Gasteiger partial charge in [0.15, 0.2) is 0 Å². The molecule has 1 N–H and O–H groups in total. The molecule has 1 aromatic carbocycles. The monoisotopic (exact) mass is 256 g/mol. The van der Waals surface area contributed by atoms with Crippen molar-refractivity contribution in [3.63, 3.8) is 0 Å². The van der Waals surface area contributed by atoms with Crippen LogP contribution in [0.5, 0.6) is 0 Å². The third-order valence-corrected chi connectivity index (χ3v) is 4.02. The maximum Gasteiger partial charge on any atom is 0.240 e. The van der Waals surface area contributed by atoms with Gasteiger partial charge in [-0.25, -0.2) is 0 Å². The van der Waals surface area contributed by atoms with E-state index in [1.54, 1.807) is 0 Å². The van der Waals surface area contributed by atoms with Crippen LogP contribution in [0.2, 0.25) is 0 Å². The van der Waals surface area contributed by atoms with Gasteiger partial charge in [0.05, 0.1) is 12.1 Å². The largest absolute Gasteiger partial charge is 0.348 e. The van der Waals surface area contributed by atoms with Crippen LogP contribution in [0.3, 0.4) is 0 Å². The minimum absolute atomic E-state index is 0.000440. The number of carbonyl (C=O) groups excluding carboxylic acids is 1. The van der Waals surface area contributed by atoms with E-state index in [1.165, 1.54) is 0 Å². The van der Waals surface area contributed by atoms with Gasteiger partial charge in [-0.2, -0.15) is 5.26 Å². The minimum Gasteiger partial charge on any atom is -0.348 e. The van der Waals surface area contributed by atoms with Crippen molar-refractivity contribution in [2.45, 2.75) is 45.1 Å². The zero-order chi connectivity index (χ0) is 13.7. The van der Waals surface area contributed by atoms with Crippen LogP contribution < -0.4 is 5.32 Å². The summed E-state index contributed by atoms with van der Waals surface area (Å²) in [4.78, 5) is 12.4. The predicted molar refractivity (Wildman–Crippen MR) is 74.1 cm³/mol. The van der Waals surface area contributed by atoms with Crippen LogP contribution in [0, 0.1) is 16.7 Å². The first kappa shape index (κ1) is 13.6. The molecule has 3 nitrogen and oxygen atoms in total. The Hall–Kier alpha value is -1.82. The molecule has 100 valence electrons. The SMILES string of the molecule is CC[C@@H](NC(=O)C1(C#N)CCCC1)c1ccccc1. The Balaban J connectivity index is 2.11. The van der Waals surface area contributed by atoms with Gasteiger partial charge in [-0.1, -0.05) is 50.1 Å². The molecule has 2 rings (SSSR count). The van der Waals surface area contributed by atoms with Gasteiger partial charge in [0.2, 0.25) is 5.91 Å². The van der Waals surface area contributed by atoms with Gasteiger partial charge in [0.25, 0.3) is 0 Å². The zero-order valence-corrected chi connectivity index (χ0v) is 11.4. The first-order valence-electron chi connectivity index (χ1n) is 6.99. The Bertz CT molecular complexity index is 469. The fourth-order valence-corrected chi connectivity index (χ4v) is 2.77. The first-order valence-corrected chi connectivity index (χ1v) is 6.99. The van der Waals surface area contributed by atoms with Crippen molar-refractivity contribution in [3.8, 4) is 6.07 Å². The van der Waals surface area contributed by atoms with E-state index in [0.29, 0.717) is 12.8 Å². The summed E-state index contributed by atoms with van der Waals surface area (Å²) in [6, 6.07) is 12.2. The zero-order valence-electron chi connectivity index (χ0n) is 11.4. The van der Waals surface area contributed by atoms with Gasteiger partial charge in [0.1, 0.15) is 5.41 Å². The van der Waals surface area contributed by atoms with Crippen molar-refractivity contribution >= 4 is 5.91 Å². The number of rotatable bonds is 4. The summed E-state index contributed by atoms with van der Waals surface area (Å²) < 4.78 is 0. The number of benzene rings is 1. The molecule has 19 heavy (non-hydrogen) atoms. The standard InChI is InChI=1S/C16H20N2O/c1-2-14(13-8-4-3-5-9-13)18-15(19)16(12-17)10-6-7-11-16/h3-5,8-9,14H,2,6-7,10-11H2,1H3,(H,18,19)/t14-/m1/s1. The highest BCUT2D eigenvalue weighted by Gasteiger charge is 2.42. The van der Waals surface area contributed by atoms with Crippen molar-refractivity contribution in [2.24, 2.45) is 5.41 Å². The van der Waals surface area contributed by atoms with Crippen LogP contribution in [0.1, 0.15) is 50.6 Å². The summed E-state index contributed by atoms with van der Waals surface area (Å²) in [7, 11) is 0. The lowest BCUT2D eigenvalue weighted by atomic mass is 9.86. The van der Waals surface area contributed by atoms with E-state index in [2.05, 4.69) is 11.4 Å². The highest BCUT2D eigenvalue weighted by atomic mass is 16.2. The molecule has 0 unspecified atom stereocenters. The molecule has 1 atom stereocenters. The van der Waals surface area contributed by atoms with E-state index in [0.717, 1.165) is 24.8 Å². The molecule has 1 aliphatic carbocycles. The van der Waals surface area contributed by atoms with Gasteiger partial charge in [0, 0.05) is 0 Å². The van der Waals surface area contributed by atoms with E-state index in [1.807, 2.05) is 37.3 Å². The lowest BCUT2D eigenvalue weighted by Gasteiger charge is -2.24. The van der Waals surface area contributed by atoms with Crippen LogP contribution >= 0.6 is 0 Å². The van der Waals surface area contributed by atoms with Crippen molar-refractivity contribution in [3.05, 3.63) is 35.9 Å². The van der Waals surface area contributed by atoms with Crippen molar-refractivity contribution in [1.82, 2.24) is 5.32 Å². The molecule has 0 radical (unpaired) electrons. The second-order valence-electron chi connectivity index (χ2n) is 5.25. The molecule has 1 amide bonds. The molecule has 0 aromatic heterocycles. The highest BCUT2D eigenvalue weighted by Crippen LogP contribution is 2.38. The molecule has 1 fully saturated rings. The van der Waals surface area contributed by atoms with Gasteiger partial charge in [-0.15, -0.1) is 0 Å². The third-order valence-electron chi connectivity index (χ3n) is 4.02. The molecule has 0 heterocycles. The van der Waals surface area contributed by atoms with E-state index in [4.69, 9.17) is 0 Å². The van der Waals surface area contributed by atoms with Crippen LogP contribution in [0.15, 0.2) is 30.3 Å². The molecule has 0 saturated heterocycles. The van der Waals surface area contributed by atoms with Crippen molar-refractivity contribution in [2.75, 3.05) is 0 Å². The normalized spacial score (nSPS) is 18.5. The van der Waals surface area contributed by atoms with E-state index in [-0.39, 0.29) is 11.9 Å². The second kappa shape index (κ2) is 5.88. The average molecular weight is 256 g/mol. The van der Waals surface area contributed by atoms with Crippen molar-refractivity contribution in [1.29, 1.82) is 5.26 Å². The number of amides is 1. The molecule has 0 bridgehead atoms. The summed E-state index contributed by atoms with van der Waals surface area (Å²) in [6.45, 7) is 2.05. The lowest BCUT2D eigenvalue weighted by Crippen LogP contribution is -2.40. The highest BCUT2D eigenvalue weighted by molar-refractivity contribution is 5.86. The molecule has 3 heteroatoms. The second-order valence-corrected chi connectivity index (χ2v) is 5.25. The van der Waals surface area contributed by atoms with Gasteiger partial charge >= 0.3 is 0 Å². The Morgan fingerprint density at radius 2 is 2.00 bits per heavy atom. The molecule has 0 aliphatic heterocycles. The van der Waals surface area contributed by atoms with E-state index in [9.17, 15) is 10.1 Å². The smallest absolute Gasteiger partial charge is 0.240 e. The summed E-state index contributed by atoms with van der Waals surface area (Å²) in [5, 5.41) is 12.4. The summed E-state index contributed by atoms with van der Waals surface area (Å²) in [5.74, 6) is -0.0943. The Kier molecular flexibility index (Phi) is 4.21. The fraction of sp³-hybridized carbons (Fsp3) is 0.500. The maximum absolute atomic E-state index is 12.4. The molecular weight excluding hydrogens is 236 g/mol. The Morgan fingerprint density at radius 3 is 2.53 bits per heavy atom. The first-order chi connectivity index (χ1) is 9.22. The third kappa shape index (κ3) is 2.78. The summed E-state index contributed by atoms with van der Waals surface area (Å²) in [5.41, 5.74) is 0.312. The van der Waals surface area contributed by atoms with Gasteiger partial charge < -0.3 is 5.32 Å². The number of hydrogen-bond donors (Lipinski definition) is 1. The Labute approximate surface area is 114 Å². The Morgan fingerprint density at radius 1 is 1.37 bits per heavy atom. The number of nitrogens with one attached hydrogen (secondary N) is 1.